The molecular weight excluding hydrogens is 544 g/mol. The standard InChI is InChI=1S/C43H30N2/c1-2-9-25(10-3-1)26-18-21-34-38(24-26)45-36-16-7-5-13-30(36)32-20-22-37-40(42(32)45)43(34)33-14-8-11-27(33)23-28-17-19-31-29-12-4-6-15-35(29)44(37)41(31)39(28)43/h1-7,9-10,12-13,15-22,24,27,33H,8,11,14,23H2. The molecule has 4 heterocycles. The zero-order valence-electron chi connectivity index (χ0n) is 24.9. The molecule has 0 saturated heterocycles. The third kappa shape index (κ3) is 2.49. The summed E-state index contributed by atoms with van der Waals surface area (Å²) in [6.45, 7) is 0. The smallest absolute Gasteiger partial charge is 0.0606 e. The molecule has 4 aliphatic rings. The average molecular weight is 575 g/mol. The van der Waals surface area contributed by atoms with Crippen molar-refractivity contribution in [1.82, 2.24) is 9.13 Å². The molecule has 1 fully saturated rings. The van der Waals surface area contributed by atoms with E-state index in [1.807, 2.05) is 0 Å². The summed E-state index contributed by atoms with van der Waals surface area (Å²) in [6, 6.07) is 46.5. The van der Waals surface area contributed by atoms with Crippen LogP contribution in [0.5, 0.6) is 0 Å². The van der Waals surface area contributed by atoms with Crippen LogP contribution in [0.2, 0.25) is 0 Å². The molecule has 2 heteroatoms. The molecule has 0 amide bonds. The lowest BCUT2D eigenvalue weighted by atomic mass is 9.52. The van der Waals surface area contributed by atoms with Gasteiger partial charge in [-0.1, -0.05) is 103 Å². The van der Waals surface area contributed by atoms with E-state index in [-0.39, 0.29) is 5.41 Å². The largest absolute Gasteiger partial charge is 0.309 e. The number of aromatic nitrogens is 2. The predicted molar refractivity (Wildman–Crippen MR) is 185 cm³/mol. The van der Waals surface area contributed by atoms with E-state index in [2.05, 4.69) is 130 Å². The van der Waals surface area contributed by atoms with Crippen molar-refractivity contribution in [2.75, 3.05) is 0 Å². The Bertz CT molecular complexity index is 2620. The molecule has 3 atom stereocenters. The van der Waals surface area contributed by atoms with Crippen molar-refractivity contribution in [2.24, 2.45) is 11.8 Å². The summed E-state index contributed by atoms with van der Waals surface area (Å²) in [5.74, 6) is 1.28. The number of fused-ring (bicyclic) bond motifs is 10. The molecule has 2 nitrogen and oxygen atoms in total. The third-order valence-electron chi connectivity index (χ3n) is 12.2. The van der Waals surface area contributed by atoms with E-state index < -0.39 is 0 Å². The van der Waals surface area contributed by atoms with Gasteiger partial charge in [-0.2, -0.15) is 0 Å². The fraction of sp³-hybridized carbons (Fsp3) is 0.163. The second-order valence-electron chi connectivity index (χ2n) is 14.0. The summed E-state index contributed by atoms with van der Waals surface area (Å²) in [5, 5.41) is 5.50. The number of hydrogen-bond donors (Lipinski definition) is 0. The second kappa shape index (κ2) is 7.76. The molecule has 0 radical (unpaired) electrons. The molecular formula is C43H30N2. The molecule has 0 N–H and O–H groups in total. The molecule has 2 aliphatic carbocycles. The normalized spacial score (nSPS) is 22.0. The second-order valence-corrected chi connectivity index (χ2v) is 14.0. The fourth-order valence-electron chi connectivity index (χ4n) is 10.8. The highest BCUT2D eigenvalue weighted by molar-refractivity contribution is 6.17. The maximum atomic E-state index is 2.65. The van der Waals surface area contributed by atoms with Crippen LogP contribution < -0.4 is 0 Å². The highest BCUT2D eigenvalue weighted by Gasteiger charge is 2.59. The SMILES string of the molecule is c1ccc(-c2ccc3c(c2)-n2c4ccccc4c4ccc5c(c42)C32c3c(ccc4c6ccccc6n-5c34)CC3CCCC32)cc1. The monoisotopic (exact) mass is 574 g/mol. The van der Waals surface area contributed by atoms with Crippen LogP contribution in [-0.4, -0.2) is 9.13 Å². The Morgan fingerprint density at radius 3 is 2.02 bits per heavy atom. The van der Waals surface area contributed by atoms with Gasteiger partial charge in [0, 0.05) is 27.1 Å². The number of rotatable bonds is 1. The van der Waals surface area contributed by atoms with Gasteiger partial charge in [0.25, 0.3) is 0 Å². The molecule has 45 heavy (non-hydrogen) atoms. The molecule has 1 spiro atoms. The van der Waals surface area contributed by atoms with Crippen molar-refractivity contribution in [1.29, 1.82) is 0 Å². The van der Waals surface area contributed by atoms with Crippen LogP contribution >= 0.6 is 0 Å². The van der Waals surface area contributed by atoms with E-state index in [0.29, 0.717) is 11.8 Å². The van der Waals surface area contributed by atoms with Gasteiger partial charge >= 0.3 is 0 Å². The first-order valence-corrected chi connectivity index (χ1v) is 16.7. The summed E-state index contributed by atoms with van der Waals surface area (Å²) in [5.41, 5.74) is 16.9. The molecule has 2 aliphatic heterocycles. The lowest BCUT2D eigenvalue weighted by Crippen LogP contribution is -2.48. The predicted octanol–water partition coefficient (Wildman–Crippen LogP) is 10.5. The Labute approximate surface area is 261 Å². The van der Waals surface area contributed by atoms with Crippen molar-refractivity contribution < 1.29 is 0 Å². The molecule has 2 aromatic heterocycles. The third-order valence-corrected chi connectivity index (χ3v) is 12.2. The highest BCUT2D eigenvalue weighted by Crippen LogP contribution is 2.66. The van der Waals surface area contributed by atoms with Gasteiger partial charge in [-0.3, -0.25) is 0 Å². The molecule has 12 rings (SSSR count). The van der Waals surface area contributed by atoms with E-state index in [0.717, 1.165) is 0 Å². The van der Waals surface area contributed by atoms with Crippen LogP contribution in [0.4, 0.5) is 0 Å². The Morgan fingerprint density at radius 2 is 1.22 bits per heavy atom. The van der Waals surface area contributed by atoms with Gasteiger partial charge in [0.1, 0.15) is 0 Å². The van der Waals surface area contributed by atoms with Crippen LogP contribution in [0.3, 0.4) is 0 Å². The summed E-state index contributed by atoms with van der Waals surface area (Å²) < 4.78 is 5.29. The maximum absolute atomic E-state index is 2.65. The lowest BCUT2D eigenvalue weighted by molar-refractivity contribution is 0.260. The fourth-order valence-corrected chi connectivity index (χ4v) is 10.8. The Balaban J connectivity index is 1.38. The van der Waals surface area contributed by atoms with E-state index in [1.165, 1.54) is 97.4 Å². The van der Waals surface area contributed by atoms with Crippen LogP contribution in [-0.2, 0) is 11.8 Å². The van der Waals surface area contributed by atoms with Crippen LogP contribution in [0.15, 0.2) is 121 Å². The van der Waals surface area contributed by atoms with Crippen LogP contribution in [0, 0.1) is 11.8 Å². The van der Waals surface area contributed by atoms with Crippen molar-refractivity contribution in [3.8, 4) is 22.5 Å². The first-order valence-electron chi connectivity index (χ1n) is 16.7. The quantitative estimate of drug-likeness (QED) is 0.185. The summed E-state index contributed by atoms with van der Waals surface area (Å²) >= 11 is 0. The van der Waals surface area contributed by atoms with Gasteiger partial charge in [-0.15, -0.1) is 0 Å². The van der Waals surface area contributed by atoms with Gasteiger partial charge < -0.3 is 9.13 Å². The lowest BCUT2D eigenvalue weighted by Gasteiger charge is -2.53. The molecule has 0 bridgehead atoms. The van der Waals surface area contributed by atoms with Crippen LogP contribution in [0.1, 0.15) is 41.5 Å². The minimum atomic E-state index is -0.178. The summed E-state index contributed by atoms with van der Waals surface area (Å²) in [7, 11) is 0. The van der Waals surface area contributed by atoms with Crippen molar-refractivity contribution >= 4 is 43.6 Å². The number of hydrogen-bond acceptors (Lipinski definition) is 0. The first kappa shape index (κ1) is 23.3. The highest BCUT2D eigenvalue weighted by atomic mass is 15.1. The Kier molecular flexibility index (Phi) is 4.02. The molecule has 1 saturated carbocycles. The topological polar surface area (TPSA) is 9.86 Å². The first-order chi connectivity index (χ1) is 22.3. The molecule has 8 aromatic rings. The number of para-hydroxylation sites is 2. The van der Waals surface area contributed by atoms with Crippen LogP contribution in [0.25, 0.3) is 66.1 Å². The molecule has 6 aromatic carbocycles. The van der Waals surface area contributed by atoms with Gasteiger partial charge in [-0.25, -0.2) is 0 Å². The summed E-state index contributed by atoms with van der Waals surface area (Å²) in [6.07, 6.45) is 5.14. The zero-order valence-corrected chi connectivity index (χ0v) is 24.9. The van der Waals surface area contributed by atoms with Crippen molar-refractivity contribution in [2.45, 2.75) is 31.1 Å². The summed E-state index contributed by atoms with van der Waals surface area (Å²) in [4.78, 5) is 0. The van der Waals surface area contributed by atoms with Gasteiger partial charge in [0.2, 0.25) is 0 Å². The zero-order chi connectivity index (χ0) is 29.0. The average Bonchev–Trinajstić information content (AvgIpc) is 3.80. The van der Waals surface area contributed by atoms with Gasteiger partial charge in [0.05, 0.1) is 38.9 Å². The van der Waals surface area contributed by atoms with Gasteiger partial charge in [0.15, 0.2) is 0 Å². The van der Waals surface area contributed by atoms with Crippen molar-refractivity contribution in [3.05, 3.63) is 144 Å². The Hall–Kier alpha value is -5.08. The van der Waals surface area contributed by atoms with E-state index >= 15 is 0 Å². The number of nitrogens with zero attached hydrogens (tertiary/aromatic N) is 2. The number of benzene rings is 6. The van der Waals surface area contributed by atoms with E-state index in [4.69, 9.17) is 0 Å². The molecule has 212 valence electrons. The Morgan fingerprint density at radius 1 is 0.533 bits per heavy atom. The minimum Gasteiger partial charge on any atom is -0.309 e. The minimum absolute atomic E-state index is 0.178. The molecule has 3 unspecified atom stereocenters. The van der Waals surface area contributed by atoms with E-state index in [9.17, 15) is 0 Å². The van der Waals surface area contributed by atoms with Gasteiger partial charge in [-0.05, 0) is 83.2 Å². The van der Waals surface area contributed by atoms with E-state index in [1.54, 1.807) is 16.7 Å². The van der Waals surface area contributed by atoms with Crippen molar-refractivity contribution in [3.63, 3.8) is 0 Å². The maximum Gasteiger partial charge on any atom is 0.0606 e.